The molecule has 6 nitrogen and oxygen atoms in total. The fourth-order valence-corrected chi connectivity index (χ4v) is 3.62. The van der Waals surface area contributed by atoms with E-state index in [-0.39, 0.29) is 17.1 Å². The topological polar surface area (TPSA) is 72.6 Å². The van der Waals surface area contributed by atoms with Crippen LogP contribution in [-0.4, -0.2) is 36.1 Å². The molecule has 2 aromatic heterocycles. The maximum atomic E-state index is 13.3. The number of carbonyl (C=O) groups is 1. The number of halogens is 1. The summed E-state index contributed by atoms with van der Waals surface area (Å²) in [6.45, 7) is 2.50. The molecule has 0 saturated carbocycles. The smallest absolute Gasteiger partial charge is 0.290 e. The molecule has 0 N–H and O–H groups in total. The average Bonchev–Trinajstić information content (AvgIpc) is 2.95. The van der Waals surface area contributed by atoms with E-state index in [4.69, 9.17) is 20.8 Å². The number of hydrogen-bond acceptors (Lipinski definition) is 5. The summed E-state index contributed by atoms with van der Waals surface area (Å²) < 4.78 is 11.0. The lowest BCUT2D eigenvalue weighted by Gasteiger charge is -2.24. The summed E-state index contributed by atoms with van der Waals surface area (Å²) in [4.78, 5) is 31.9. The Balaban J connectivity index is 1.99. The van der Waals surface area contributed by atoms with E-state index in [0.29, 0.717) is 34.7 Å². The highest BCUT2D eigenvalue weighted by molar-refractivity contribution is 6.32. The number of pyridine rings is 1. The van der Waals surface area contributed by atoms with Crippen molar-refractivity contribution in [3.63, 3.8) is 0 Å². The minimum Gasteiger partial charge on any atom is -0.450 e. The molecule has 1 aliphatic rings. The third-order valence-electron chi connectivity index (χ3n) is 4.81. The molecule has 4 rings (SSSR count). The van der Waals surface area contributed by atoms with E-state index in [2.05, 4.69) is 4.98 Å². The standard InChI is InChI=1S/C20H17ClN2O4/c1-11-9-15-13(10-14(11)21)18(24)16-17(12-3-5-22-6-4-12)23(7-8-26-2)20(25)19(16)27-15/h3-6,9-10,17H,7-8H2,1-2H3. The molecule has 3 heterocycles. The summed E-state index contributed by atoms with van der Waals surface area (Å²) in [5, 5.41) is 0.848. The first kappa shape index (κ1) is 17.7. The van der Waals surface area contributed by atoms with E-state index < -0.39 is 6.04 Å². The summed E-state index contributed by atoms with van der Waals surface area (Å²) in [5.74, 6) is -0.248. The maximum Gasteiger partial charge on any atom is 0.290 e. The molecular formula is C20H17ClN2O4. The van der Waals surface area contributed by atoms with Crippen LogP contribution in [0.25, 0.3) is 11.0 Å². The molecule has 0 spiro atoms. The second kappa shape index (κ2) is 6.79. The van der Waals surface area contributed by atoms with Crippen molar-refractivity contribution < 1.29 is 13.9 Å². The van der Waals surface area contributed by atoms with Crippen LogP contribution < -0.4 is 5.43 Å². The van der Waals surface area contributed by atoms with Crippen LogP contribution in [-0.2, 0) is 4.74 Å². The van der Waals surface area contributed by atoms with Gasteiger partial charge in [-0.15, -0.1) is 0 Å². The van der Waals surface area contributed by atoms with Gasteiger partial charge in [0.05, 0.1) is 23.6 Å². The molecule has 0 radical (unpaired) electrons. The minimum atomic E-state index is -0.550. The molecule has 1 aromatic carbocycles. The van der Waals surface area contributed by atoms with Crippen molar-refractivity contribution in [1.29, 1.82) is 0 Å². The molecule has 1 atom stereocenters. The molecule has 3 aromatic rings. The zero-order chi connectivity index (χ0) is 19.1. The summed E-state index contributed by atoms with van der Waals surface area (Å²) in [6.07, 6.45) is 3.27. The van der Waals surface area contributed by atoms with Crippen LogP contribution in [0.5, 0.6) is 0 Å². The Morgan fingerprint density at radius 2 is 2.00 bits per heavy atom. The largest absolute Gasteiger partial charge is 0.450 e. The number of carbonyl (C=O) groups excluding carboxylic acids is 1. The molecule has 1 aliphatic heterocycles. The summed E-state index contributed by atoms with van der Waals surface area (Å²) in [6, 6.07) is 6.32. The van der Waals surface area contributed by atoms with Crippen LogP contribution in [0.3, 0.4) is 0 Å². The van der Waals surface area contributed by atoms with E-state index >= 15 is 0 Å². The normalized spacial score (nSPS) is 16.2. The maximum absolute atomic E-state index is 13.3. The van der Waals surface area contributed by atoms with E-state index in [9.17, 15) is 9.59 Å². The Morgan fingerprint density at radius 3 is 2.70 bits per heavy atom. The number of amides is 1. The lowest BCUT2D eigenvalue weighted by atomic mass is 9.99. The van der Waals surface area contributed by atoms with E-state index in [1.54, 1.807) is 48.7 Å². The van der Waals surface area contributed by atoms with Crippen molar-refractivity contribution in [2.45, 2.75) is 13.0 Å². The van der Waals surface area contributed by atoms with Crippen molar-refractivity contribution in [2.24, 2.45) is 0 Å². The van der Waals surface area contributed by atoms with Gasteiger partial charge in [-0.25, -0.2) is 0 Å². The SMILES string of the molecule is COCCN1C(=O)c2oc3cc(C)c(Cl)cc3c(=O)c2C1c1ccncc1. The second-order valence-electron chi connectivity index (χ2n) is 6.45. The van der Waals surface area contributed by atoms with Gasteiger partial charge in [0.1, 0.15) is 5.58 Å². The monoisotopic (exact) mass is 384 g/mol. The van der Waals surface area contributed by atoms with Crippen LogP contribution in [0.1, 0.15) is 33.3 Å². The summed E-state index contributed by atoms with van der Waals surface area (Å²) >= 11 is 6.21. The van der Waals surface area contributed by atoms with E-state index in [0.717, 1.165) is 11.1 Å². The molecule has 1 unspecified atom stereocenters. The molecular weight excluding hydrogens is 368 g/mol. The number of rotatable bonds is 4. The van der Waals surface area contributed by atoms with Gasteiger partial charge in [0.2, 0.25) is 5.76 Å². The number of nitrogens with zero attached hydrogens (tertiary/aromatic N) is 2. The first-order chi connectivity index (χ1) is 13.0. The zero-order valence-corrected chi connectivity index (χ0v) is 15.6. The van der Waals surface area contributed by atoms with E-state index in [1.807, 2.05) is 6.92 Å². The van der Waals surface area contributed by atoms with Gasteiger partial charge < -0.3 is 14.1 Å². The number of aromatic nitrogens is 1. The number of aryl methyl sites for hydroxylation is 1. The Kier molecular flexibility index (Phi) is 4.45. The Labute approximate surface area is 160 Å². The number of hydrogen-bond donors (Lipinski definition) is 0. The van der Waals surface area contributed by atoms with Crippen molar-refractivity contribution in [1.82, 2.24) is 9.88 Å². The molecule has 27 heavy (non-hydrogen) atoms. The van der Waals surface area contributed by atoms with Gasteiger partial charge in [-0.05, 0) is 42.3 Å². The van der Waals surface area contributed by atoms with Crippen molar-refractivity contribution in [2.75, 3.05) is 20.3 Å². The predicted octanol–water partition coefficient (Wildman–Crippen LogP) is 3.34. The summed E-state index contributed by atoms with van der Waals surface area (Å²) in [5.41, 5.74) is 2.01. The molecule has 0 fully saturated rings. The third-order valence-corrected chi connectivity index (χ3v) is 5.21. The van der Waals surface area contributed by atoms with Crippen molar-refractivity contribution >= 4 is 28.5 Å². The van der Waals surface area contributed by atoms with Crippen LogP contribution in [0, 0.1) is 6.92 Å². The predicted molar refractivity (Wildman–Crippen MR) is 101 cm³/mol. The number of ether oxygens (including phenoxy) is 1. The number of methoxy groups -OCH3 is 1. The average molecular weight is 385 g/mol. The van der Waals surface area contributed by atoms with Gasteiger partial charge in [0, 0.05) is 31.1 Å². The number of fused-ring (bicyclic) bond motifs is 2. The first-order valence-electron chi connectivity index (χ1n) is 8.49. The molecule has 7 heteroatoms. The van der Waals surface area contributed by atoms with Crippen molar-refractivity contribution in [3.05, 3.63) is 74.4 Å². The van der Waals surface area contributed by atoms with Crippen LogP contribution in [0.2, 0.25) is 5.02 Å². The second-order valence-corrected chi connectivity index (χ2v) is 6.85. The van der Waals surface area contributed by atoms with Gasteiger partial charge in [0.25, 0.3) is 5.91 Å². The lowest BCUT2D eigenvalue weighted by Crippen LogP contribution is -2.32. The molecule has 138 valence electrons. The third kappa shape index (κ3) is 2.81. The van der Waals surface area contributed by atoms with Gasteiger partial charge in [-0.1, -0.05) is 11.6 Å². The lowest BCUT2D eigenvalue weighted by molar-refractivity contribution is 0.0663. The van der Waals surface area contributed by atoms with Gasteiger partial charge in [-0.2, -0.15) is 0 Å². The highest BCUT2D eigenvalue weighted by Crippen LogP contribution is 2.38. The van der Waals surface area contributed by atoms with Crippen molar-refractivity contribution in [3.8, 4) is 0 Å². The zero-order valence-electron chi connectivity index (χ0n) is 14.9. The Hall–Kier alpha value is -2.70. The van der Waals surface area contributed by atoms with Crippen LogP contribution in [0.4, 0.5) is 0 Å². The molecule has 0 saturated heterocycles. The van der Waals surface area contributed by atoms with Crippen LogP contribution in [0.15, 0.2) is 45.9 Å². The van der Waals surface area contributed by atoms with Gasteiger partial charge in [0.15, 0.2) is 5.43 Å². The fraction of sp³-hybridized carbons (Fsp3) is 0.250. The number of benzene rings is 1. The summed E-state index contributed by atoms with van der Waals surface area (Å²) in [7, 11) is 1.57. The highest BCUT2D eigenvalue weighted by Gasteiger charge is 2.42. The molecule has 1 amide bonds. The first-order valence-corrected chi connectivity index (χ1v) is 8.87. The van der Waals surface area contributed by atoms with Gasteiger partial charge >= 0.3 is 0 Å². The van der Waals surface area contributed by atoms with E-state index in [1.165, 1.54) is 0 Å². The fourth-order valence-electron chi connectivity index (χ4n) is 3.45. The Morgan fingerprint density at radius 1 is 1.26 bits per heavy atom. The molecule has 0 aliphatic carbocycles. The minimum absolute atomic E-state index is 0.0761. The van der Waals surface area contributed by atoms with Gasteiger partial charge in [-0.3, -0.25) is 14.6 Å². The van der Waals surface area contributed by atoms with Crippen LogP contribution >= 0.6 is 11.6 Å². The quantitative estimate of drug-likeness (QED) is 0.689. The Bertz CT molecular complexity index is 1090. The highest BCUT2D eigenvalue weighted by atomic mass is 35.5. The molecule has 0 bridgehead atoms.